The molecule has 7 nitrogen and oxygen atoms in total. The van der Waals surface area contributed by atoms with Crippen LogP contribution in [0.4, 0.5) is 0 Å². The number of H-pyrrole nitrogens is 1. The summed E-state index contributed by atoms with van der Waals surface area (Å²) in [6, 6.07) is 0.909. The van der Waals surface area contributed by atoms with E-state index in [2.05, 4.69) is 39.7 Å². The van der Waals surface area contributed by atoms with Crippen LogP contribution in [0.1, 0.15) is 47.6 Å². The molecule has 3 heterocycles. The van der Waals surface area contributed by atoms with E-state index < -0.39 is 0 Å². The highest BCUT2D eigenvalue weighted by Crippen LogP contribution is 2.33. The van der Waals surface area contributed by atoms with E-state index in [9.17, 15) is 9.59 Å². The van der Waals surface area contributed by atoms with Gasteiger partial charge in [-0.1, -0.05) is 12.2 Å². The number of nitrogens with one attached hydrogen (secondary N) is 4. The number of piperazine rings is 1. The number of aromatic nitrogens is 1. The first kappa shape index (κ1) is 22.8. The predicted octanol–water partition coefficient (Wildman–Crippen LogP) is 2.38. The molecule has 8 heteroatoms. The Morgan fingerprint density at radius 3 is 2.72 bits per heavy atom. The fourth-order valence-corrected chi connectivity index (χ4v) is 5.14. The Morgan fingerprint density at radius 2 is 2.00 bits per heavy atom. The van der Waals surface area contributed by atoms with E-state index in [0.717, 1.165) is 47.9 Å². The average Bonchev–Trinajstić information content (AvgIpc) is 3.16. The van der Waals surface area contributed by atoms with Crippen LogP contribution in [-0.4, -0.2) is 65.3 Å². The van der Waals surface area contributed by atoms with Crippen molar-refractivity contribution in [1.82, 2.24) is 25.8 Å². The molecule has 2 amide bonds. The molecular weight excluding hydrogens is 426 g/mol. The molecule has 4 N–H and O–H groups in total. The molecule has 4 rings (SSSR count). The van der Waals surface area contributed by atoms with Crippen LogP contribution in [0.25, 0.3) is 6.08 Å². The zero-order valence-electron chi connectivity index (χ0n) is 19.1. The summed E-state index contributed by atoms with van der Waals surface area (Å²) in [5.74, 6) is -0.239. The third kappa shape index (κ3) is 4.70. The lowest BCUT2D eigenvalue weighted by molar-refractivity contribution is -0.115. The number of hydrogen-bond acceptors (Lipinski definition) is 4. The van der Waals surface area contributed by atoms with E-state index in [1.54, 1.807) is 0 Å². The number of amides is 2. The Balaban J connectivity index is 1.46. The number of rotatable bonds is 5. The highest BCUT2D eigenvalue weighted by molar-refractivity contribution is 6.22. The first-order valence-electron chi connectivity index (χ1n) is 11.3. The maximum absolute atomic E-state index is 12.9. The van der Waals surface area contributed by atoms with Gasteiger partial charge in [0, 0.05) is 60.9 Å². The van der Waals surface area contributed by atoms with Gasteiger partial charge in [-0.05, 0) is 45.8 Å². The normalized spacial score (nSPS) is 27.1. The van der Waals surface area contributed by atoms with Crippen LogP contribution in [0.2, 0.25) is 0 Å². The smallest absolute Gasteiger partial charge is 0.256 e. The molecule has 32 heavy (non-hydrogen) atoms. The summed E-state index contributed by atoms with van der Waals surface area (Å²) in [5.41, 5.74) is 5.24. The van der Waals surface area contributed by atoms with Crippen LogP contribution in [0.15, 0.2) is 29.0 Å². The maximum atomic E-state index is 12.9. The van der Waals surface area contributed by atoms with Gasteiger partial charge in [-0.25, -0.2) is 0 Å². The molecule has 0 radical (unpaired) electrons. The minimum Gasteiger partial charge on any atom is -0.358 e. The number of aryl methyl sites for hydroxylation is 1. The zero-order valence-corrected chi connectivity index (χ0v) is 19.9. The van der Waals surface area contributed by atoms with Gasteiger partial charge in [-0.3, -0.25) is 14.5 Å². The lowest BCUT2D eigenvalue weighted by Crippen LogP contribution is -2.55. The first-order chi connectivity index (χ1) is 15.2. The second-order valence-corrected chi connectivity index (χ2v) is 9.67. The van der Waals surface area contributed by atoms with Crippen LogP contribution in [0.3, 0.4) is 0 Å². The molecule has 172 valence electrons. The lowest BCUT2D eigenvalue weighted by Gasteiger charge is -2.36. The molecule has 3 aliphatic rings. The van der Waals surface area contributed by atoms with Gasteiger partial charge >= 0.3 is 0 Å². The molecule has 0 bridgehead atoms. The summed E-state index contributed by atoms with van der Waals surface area (Å²) < 4.78 is 0. The first-order valence-corrected chi connectivity index (χ1v) is 11.7. The third-order valence-electron chi connectivity index (χ3n) is 6.31. The number of fused-ring (bicyclic) bond motifs is 1. The monoisotopic (exact) mass is 457 g/mol. The van der Waals surface area contributed by atoms with Crippen molar-refractivity contribution in [3.8, 4) is 0 Å². The number of nitrogens with zero attached hydrogens (tertiary/aromatic N) is 1. The predicted molar refractivity (Wildman–Crippen MR) is 128 cm³/mol. The van der Waals surface area contributed by atoms with Crippen molar-refractivity contribution in [2.45, 2.75) is 51.6 Å². The molecule has 0 aromatic carbocycles. The maximum Gasteiger partial charge on any atom is 0.256 e. The van der Waals surface area contributed by atoms with Crippen LogP contribution >= 0.6 is 11.6 Å². The molecule has 0 saturated carbocycles. The Kier molecular flexibility index (Phi) is 6.60. The summed E-state index contributed by atoms with van der Waals surface area (Å²) in [6.07, 6.45) is 6.39. The molecule has 1 aliphatic carbocycles. The molecule has 0 spiro atoms. The highest BCUT2D eigenvalue weighted by atomic mass is 35.5. The van der Waals surface area contributed by atoms with E-state index in [1.807, 2.05) is 32.1 Å². The molecule has 3 atom stereocenters. The van der Waals surface area contributed by atoms with Crippen molar-refractivity contribution in [2.75, 3.05) is 26.2 Å². The number of carbonyl (C=O) groups excluding carboxylic acids is 2. The second kappa shape index (κ2) is 9.25. The van der Waals surface area contributed by atoms with Crippen molar-refractivity contribution in [3.05, 3.63) is 51.5 Å². The van der Waals surface area contributed by atoms with Crippen molar-refractivity contribution in [3.63, 3.8) is 0 Å². The van der Waals surface area contributed by atoms with Crippen molar-refractivity contribution in [1.29, 1.82) is 0 Å². The Labute approximate surface area is 194 Å². The van der Waals surface area contributed by atoms with Crippen LogP contribution in [0.5, 0.6) is 0 Å². The molecular formula is C24H32ClN5O2. The van der Waals surface area contributed by atoms with Gasteiger partial charge in [-0.2, -0.15) is 0 Å². The fourth-order valence-electron chi connectivity index (χ4n) is 4.93. The van der Waals surface area contributed by atoms with Gasteiger partial charge in [0.05, 0.1) is 16.5 Å². The van der Waals surface area contributed by atoms with E-state index in [-0.39, 0.29) is 17.2 Å². The Bertz CT molecular complexity index is 1010. The van der Waals surface area contributed by atoms with Crippen molar-refractivity contribution >= 4 is 29.5 Å². The van der Waals surface area contributed by atoms with E-state index in [1.165, 1.54) is 0 Å². The van der Waals surface area contributed by atoms with Gasteiger partial charge in [0.1, 0.15) is 0 Å². The minimum absolute atomic E-state index is 0.0914. The number of aromatic amines is 1. The fraction of sp³-hybridized carbons (Fsp3) is 0.500. The Hall–Kier alpha value is -2.35. The summed E-state index contributed by atoms with van der Waals surface area (Å²) in [6.45, 7) is 11.6. The van der Waals surface area contributed by atoms with Gasteiger partial charge in [-0.15, -0.1) is 11.6 Å². The third-order valence-corrected chi connectivity index (χ3v) is 6.61. The summed E-state index contributed by atoms with van der Waals surface area (Å²) >= 11 is 6.27. The molecule has 3 unspecified atom stereocenters. The number of allylic oxidation sites excluding steroid dienone is 3. The van der Waals surface area contributed by atoms with E-state index in [4.69, 9.17) is 11.6 Å². The summed E-state index contributed by atoms with van der Waals surface area (Å²) in [4.78, 5) is 31.1. The number of hydrogen-bond donors (Lipinski definition) is 4. The van der Waals surface area contributed by atoms with Crippen LogP contribution < -0.4 is 16.0 Å². The zero-order chi connectivity index (χ0) is 23.0. The molecule has 1 aromatic heterocycles. The molecule has 2 saturated heterocycles. The quantitative estimate of drug-likeness (QED) is 0.403. The molecule has 2 aliphatic heterocycles. The second-order valence-electron chi connectivity index (χ2n) is 9.11. The molecule has 1 aromatic rings. The van der Waals surface area contributed by atoms with E-state index >= 15 is 0 Å². The Morgan fingerprint density at radius 1 is 1.28 bits per heavy atom. The van der Waals surface area contributed by atoms with Crippen molar-refractivity contribution < 1.29 is 9.59 Å². The summed E-state index contributed by atoms with van der Waals surface area (Å²) in [7, 11) is 0. The highest BCUT2D eigenvalue weighted by Gasteiger charge is 2.30. The van der Waals surface area contributed by atoms with Gasteiger partial charge in [0.15, 0.2) is 0 Å². The van der Waals surface area contributed by atoms with Gasteiger partial charge in [0.25, 0.3) is 11.8 Å². The van der Waals surface area contributed by atoms with E-state index in [0.29, 0.717) is 36.2 Å². The van der Waals surface area contributed by atoms with Gasteiger partial charge in [0.2, 0.25) is 0 Å². The van der Waals surface area contributed by atoms with Crippen LogP contribution in [0, 0.1) is 13.8 Å². The van der Waals surface area contributed by atoms with Gasteiger partial charge < -0.3 is 20.9 Å². The number of carbonyl (C=O) groups is 2. The minimum atomic E-state index is -0.148. The number of alkyl halides is 1. The SMILES string of the molecule is Cc1[nH]c(/C=C2\C(=O)NC3=CCC(Cl)C=C32)c(C)c1C(=O)NCCN1CC(C)NC(C)C1. The topological polar surface area (TPSA) is 89.3 Å². The largest absolute Gasteiger partial charge is 0.358 e. The number of halogens is 1. The van der Waals surface area contributed by atoms with Crippen LogP contribution in [-0.2, 0) is 4.79 Å². The standard InChI is InChI=1S/C24H32ClN5O2/c1-13-11-30(12-14(2)27-13)8-7-26-24(32)22-15(3)21(28-16(22)4)10-19-18-9-17(25)5-6-20(18)29-23(19)31/h6,9-10,13-14,17,27-28H,5,7-8,11-12H2,1-4H3,(H,26,32)(H,29,31)/b19-10-. The lowest BCUT2D eigenvalue weighted by atomic mass is 9.98. The average molecular weight is 458 g/mol. The molecule has 2 fully saturated rings. The summed E-state index contributed by atoms with van der Waals surface area (Å²) in [5, 5.41) is 9.36. The van der Waals surface area contributed by atoms with Crippen molar-refractivity contribution in [2.24, 2.45) is 0 Å².